The summed E-state index contributed by atoms with van der Waals surface area (Å²) in [4.78, 5) is 38.9. The molecule has 0 radical (unpaired) electrons. The first-order valence-corrected chi connectivity index (χ1v) is 37.4. The summed E-state index contributed by atoms with van der Waals surface area (Å²) in [6, 6.07) is 42.4. The summed E-state index contributed by atoms with van der Waals surface area (Å²) in [7, 11) is 1.31. The number of halogens is 4. The molecule has 5 aromatic heterocycles. The van der Waals surface area contributed by atoms with Crippen molar-refractivity contribution in [1.29, 1.82) is 0 Å². The molecular formula is C84H100BCl4N11O6. The van der Waals surface area contributed by atoms with Crippen LogP contribution in [0.1, 0.15) is 157 Å². The molecule has 4 fully saturated rings. The number of aliphatic hydroxyl groups is 1. The van der Waals surface area contributed by atoms with E-state index in [0.29, 0.717) is 30.2 Å². The Balaban J connectivity index is 0.000000165. The van der Waals surface area contributed by atoms with Crippen molar-refractivity contribution in [2.24, 2.45) is 0 Å². The van der Waals surface area contributed by atoms with Gasteiger partial charge in [0.05, 0.1) is 36.3 Å². The molecular weight excluding hydrogens is 1410 g/mol. The molecule has 106 heavy (non-hydrogen) atoms. The van der Waals surface area contributed by atoms with Crippen LogP contribution in [0.5, 0.6) is 17.2 Å². The molecule has 0 aliphatic carbocycles. The number of benzene rings is 5. The van der Waals surface area contributed by atoms with Crippen molar-refractivity contribution in [2.75, 3.05) is 56.2 Å². The number of nitrogens with one attached hydrogen (secondary N) is 1. The molecule has 558 valence electrons. The van der Waals surface area contributed by atoms with Crippen molar-refractivity contribution in [1.82, 2.24) is 45.2 Å². The smallest absolute Gasteiger partial charge is 0.494 e. The maximum Gasteiger partial charge on any atom is 0.494 e. The van der Waals surface area contributed by atoms with Crippen LogP contribution in [0.25, 0.3) is 11.3 Å². The highest BCUT2D eigenvalue weighted by Crippen LogP contribution is 2.39. The molecule has 3 atom stereocenters. The van der Waals surface area contributed by atoms with Crippen molar-refractivity contribution in [3.63, 3.8) is 0 Å². The number of hydrogen-bond acceptors (Lipinski definition) is 17. The van der Waals surface area contributed by atoms with Crippen molar-refractivity contribution >= 4 is 71.4 Å². The summed E-state index contributed by atoms with van der Waals surface area (Å²) in [5.41, 5.74) is 17.1. The highest BCUT2D eigenvalue weighted by molar-refractivity contribution is 6.62. The molecule has 9 heterocycles. The Morgan fingerprint density at radius 1 is 0.528 bits per heavy atom. The van der Waals surface area contributed by atoms with Gasteiger partial charge in [-0.25, -0.2) is 24.9 Å². The van der Waals surface area contributed by atoms with Crippen LogP contribution >= 0.6 is 47.2 Å². The molecule has 22 heteroatoms. The van der Waals surface area contributed by atoms with E-state index in [9.17, 15) is 5.11 Å². The molecule has 17 nitrogen and oxygen atoms in total. The van der Waals surface area contributed by atoms with E-state index in [1.165, 1.54) is 78.0 Å². The number of piperidine rings is 3. The van der Waals surface area contributed by atoms with Crippen LogP contribution in [0.4, 0.5) is 11.6 Å². The molecule has 4 aliphatic rings. The van der Waals surface area contributed by atoms with Gasteiger partial charge in [-0.2, -0.15) is 0 Å². The van der Waals surface area contributed by atoms with Crippen molar-refractivity contribution in [3.05, 3.63) is 259 Å². The summed E-state index contributed by atoms with van der Waals surface area (Å²) < 4.78 is 29.6. The number of methoxy groups -OCH3 is 1. The largest absolute Gasteiger partial charge is 0.496 e. The zero-order valence-electron chi connectivity index (χ0n) is 63.1. The predicted octanol–water partition coefficient (Wildman–Crippen LogP) is 18.0. The second-order valence-corrected chi connectivity index (χ2v) is 29.4. The highest BCUT2D eigenvalue weighted by Gasteiger charge is 2.51. The molecule has 5 aromatic carbocycles. The Kier molecular flexibility index (Phi) is 30.1. The Bertz CT molecular complexity index is 4420. The van der Waals surface area contributed by atoms with Crippen LogP contribution in [0.2, 0.25) is 15.5 Å². The van der Waals surface area contributed by atoms with Gasteiger partial charge in [-0.3, -0.25) is 15.0 Å². The second-order valence-electron chi connectivity index (χ2n) is 28.3. The van der Waals surface area contributed by atoms with E-state index < -0.39 is 0 Å². The van der Waals surface area contributed by atoms with Crippen molar-refractivity contribution in [2.45, 2.75) is 163 Å². The lowest BCUT2D eigenvalue weighted by Gasteiger charge is -2.34. The van der Waals surface area contributed by atoms with Crippen molar-refractivity contribution < 1.29 is 28.6 Å². The minimum atomic E-state index is -0.378. The zero-order chi connectivity index (χ0) is 74.6. The fraction of sp³-hybridized carbons (Fsp3) is 0.381. The lowest BCUT2D eigenvalue weighted by atomic mass is 9.79. The minimum absolute atomic E-state index is 0. The van der Waals surface area contributed by atoms with Crippen LogP contribution < -0.4 is 34.8 Å². The van der Waals surface area contributed by atoms with Gasteiger partial charge >= 0.3 is 7.12 Å². The first-order chi connectivity index (χ1) is 50.6. The van der Waals surface area contributed by atoms with E-state index in [1.54, 1.807) is 38.1 Å². The molecule has 10 aromatic rings. The first kappa shape index (κ1) is 81.8. The summed E-state index contributed by atoms with van der Waals surface area (Å²) in [5, 5.41) is 14.0. The molecule has 4 aliphatic heterocycles. The lowest BCUT2D eigenvalue weighted by Crippen LogP contribution is -2.41. The third-order valence-corrected chi connectivity index (χ3v) is 21.1. The number of anilines is 2. The third-order valence-electron chi connectivity index (χ3n) is 20.2. The van der Waals surface area contributed by atoms with Gasteiger partial charge in [0.1, 0.15) is 36.2 Å². The summed E-state index contributed by atoms with van der Waals surface area (Å²) in [5.74, 6) is 5.94. The van der Waals surface area contributed by atoms with Gasteiger partial charge in [-0.05, 0) is 202 Å². The monoisotopic (exact) mass is 1510 g/mol. The Labute approximate surface area is 648 Å². The number of pyridine rings is 2. The second kappa shape index (κ2) is 39.0. The zero-order valence-corrected chi connectivity index (χ0v) is 66.2. The summed E-state index contributed by atoms with van der Waals surface area (Å²) in [6.45, 7) is 29.6. The maximum atomic E-state index is 9.52. The van der Waals surface area contributed by atoms with Crippen LogP contribution in [-0.2, 0) is 29.1 Å². The van der Waals surface area contributed by atoms with Crippen LogP contribution in [0, 0.1) is 48.5 Å². The first-order valence-electron chi connectivity index (χ1n) is 36.2. The summed E-state index contributed by atoms with van der Waals surface area (Å²) >= 11 is 17.0. The average Bonchev–Trinajstić information content (AvgIpc) is 1.62. The van der Waals surface area contributed by atoms with E-state index in [1.807, 2.05) is 98.0 Å². The SMILES string of the molecule is COc1c(C)cnc(COc2ccc(-c3nccnc3N3CCCC(c4cccc(C)c4)C3)cc2)c1C.Cc1cccc(C2CCCN(c3nccnc3Cl)C2)c1.Cc1cccc(C2CCCNC2)c1.Cc1cnc(COc2ccc(B3OC(C)(C)C(C)(C)O3)cc2)c(C)c1CO.Cl.Clc1nccnc1Cl. The van der Waals surface area contributed by atoms with Crippen LogP contribution in [0.15, 0.2) is 171 Å². The van der Waals surface area contributed by atoms with Gasteiger partial charge in [0.2, 0.25) is 0 Å². The Morgan fingerprint density at radius 2 is 0.981 bits per heavy atom. The number of aryl methyl sites for hydroxylation is 5. The van der Waals surface area contributed by atoms with Gasteiger partial charge in [0, 0.05) is 111 Å². The van der Waals surface area contributed by atoms with Gasteiger partial charge in [-0.1, -0.05) is 136 Å². The van der Waals surface area contributed by atoms with E-state index in [4.69, 9.17) is 68.3 Å². The Hall–Kier alpha value is -8.30. The quantitative estimate of drug-likeness (QED) is 0.0922. The number of rotatable bonds is 15. The van der Waals surface area contributed by atoms with E-state index in [2.05, 4.69) is 151 Å². The van der Waals surface area contributed by atoms with Crippen molar-refractivity contribution in [3.8, 4) is 28.5 Å². The Morgan fingerprint density at radius 3 is 1.46 bits per heavy atom. The number of ether oxygens (including phenoxy) is 3. The normalized spacial score (nSPS) is 17.1. The van der Waals surface area contributed by atoms with Gasteiger partial charge in [-0.15, -0.1) is 12.4 Å². The van der Waals surface area contributed by atoms with Gasteiger partial charge in [0.25, 0.3) is 0 Å². The summed E-state index contributed by atoms with van der Waals surface area (Å²) in [6.07, 6.45) is 20.8. The molecule has 0 saturated carbocycles. The fourth-order valence-corrected chi connectivity index (χ4v) is 14.0. The van der Waals surface area contributed by atoms with E-state index in [0.717, 1.165) is 136 Å². The number of aliphatic hydroxyl groups excluding tert-OH is 1. The van der Waals surface area contributed by atoms with Crippen LogP contribution in [0.3, 0.4) is 0 Å². The number of nitrogens with zero attached hydrogens (tertiary/aromatic N) is 10. The lowest BCUT2D eigenvalue weighted by molar-refractivity contribution is 0.00578. The third kappa shape index (κ3) is 22.0. The van der Waals surface area contributed by atoms with Gasteiger partial charge in [0.15, 0.2) is 27.1 Å². The van der Waals surface area contributed by atoms with Crippen LogP contribution in [-0.4, -0.2) is 110 Å². The number of hydrogen-bond donors (Lipinski definition) is 2. The van der Waals surface area contributed by atoms with E-state index >= 15 is 0 Å². The standard InChI is InChI=1S/C31H34N4O2.C21H28BNO4.C16H18ClN3.C12H17N.C4H2Cl2N2.ClH/c1-21-7-5-8-25(17-21)26-9-6-16-35(19-26)31-29(32-14-15-33-31)24-10-12-27(13-11-24)37-20-28-23(3)30(36-4)22(2)18-34-28;1-14-11-23-19(15(2)18(14)12-24)13-25-17-9-7-16(8-10-17)22-26-20(3,4)21(5,6)27-22;1-12-4-2-5-13(10-12)14-6-3-9-20(11-14)16-15(17)18-7-8-19-16;1-10-4-2-5-11(8-10)12-6-3-7-13-9-12;5-3-4(6)8-2-1-7-3;/h5,7-8,10-15,17-18,26H,6,9,16,19-20H2,1-4H3;7-11,24H,12-13H2,1-6H3;2,4-5,7-8,10,14H,3,6,9,11H2,1H3;2,4-5,8,12-13H,3,6-7,9H2,1H3;1-2H;1H. The average molecular weight is 1510 g/mol. The fourth-order valence-electron chi connectivity index (χ4n) is 13.5. The minimum Gasteiger partial charge on any atom is -0.496 e. The molecule has 0 bridgehead atoms. The highest BCUT2D eigenvalue weighted by atomic mass is 35.5. The van der Waals surface area contributed by atoms with Gasteiger partial charge < -0.3 is 43.7 Å². The molecule has 2 N–H and O–H groups in total. The predicted molar refractivity (Wildman–Crippen MR) is 431 cm³/mol. The number of aromatic nitrogens is 8. The topological polar surface area (TPSA) is 188 Å². The molecule has 4 saturated heterocycles. The molecule has 14 rings (SSSR count). The maximum absolute atomic E-state index is 9.52. The van der Waals surface area contributed by atoms with E-state index in [-0.39, 0.29) is 47.6 Å². The molecule has 0 spiro atoms. The molecule has 3 unspecified atom stereocenters. The molecule has 0 amide bonds.